The Morgan fingerprint density at radius 3 is 2.44 bits per heavy atom. The zero-order valence-electron chi connectivity index (χ0n) is 10.2. The molecule has 1 nitrogen and oxygen atoms in total. The van der Waals surface area contributed by atoms with Crippen molar-refractivity contribution < 1.29 is 0 Å². The van der Waals surface area contributed by atoms with Crippen molar-refractivity contribution in [2.24, 2.45) is 0 Å². The van der Waals surface area contributed by atoms with Crippen LogP contribution in [0, 0.1) is 0 Å². The zero-order chi connectivity index (χ0) is 12.4. The third-order valence-corrected chi connectivity index (χ3v) is 3.55. The van der Waals surface area contributed by atoms with Crippen molar-refractivity contribution in [3.8, 4) is 0 Å². The van der Waals surface area contributed by atoms with E-state index >= 15 is 0 Å². The van der Waals surface area contributed by atoms with E-state index in [4.69, 9.17) is 11.6 Å². The van der Waals surface area contributed by atoms with Crippen molar-refractivity contribution in [2.45, 2.75) is 25.4 Å². The Kier molecular flexibility index (Phi) is 3.24. The van der Waals surface area contributed by atoms with Gasteiger partial charge in [0.15, 0.2) is 0 Å². The predicted molar refractivity (Wildman–Crippen MR) is 77.1 cm³/mol. The van der Waals surface area contributed by atoms with Gasteiger partial charge in [-0.2, -0.15) is 0 Å². The smallest absolute Gasteiger partial charge is 0.0433 e. The lowest BCUT2D eigenvalue weighted by Crippen LogP contribution is -2.24. The van der Waals surface area contributed by atoms with Gasteiger partial charge in [-0.1, -0.05) is 41.9 Å². The van der Waals surface area contributed by atoms with E-state index in [1.807, 2.05) is 12.1 Å². The van der Waals surface area contributed by atoms with E-state index in [1.165, 1.54) is 24.1 Å². The molecule has 92 valence electrons. The molecule has 0 saturated heterocycles. The van der Waals surface area contributed by atoms with Gasteiger partial charge in [-0.25, -0.2) is 0 Å². The first-order valence-corrected chi connectivity index (χ1v) is 6.77. The van der Waals surface area contributed by atoms with Crippen LogP contribution >= 0.6 is 11.6 Å². The number of benzene rings is 2. The number of para-hydroxylation sites is 1. The molecule has 2 aromatic carbocycles. The van der Waals surface area contributed by atoms with Crippen LogP contribution in [0.1, 0.15) is 18.4 Å². The molecule has 0 aliphatic heterocycles. The van der Waals surface area contributed by atoms with Crippen LogP contribution in [-0.2, 0) is 6.54 Å². The minimum Gasteiger partial charge on any atom is -0.364 e. The van der Waals surface area contributed by atoms with Gasteiger partial charge in [0.1, 0.15) is 0 Å². The van der Waals surface area contributed by atoms with Crippen molar-refractivity contribution >= 4 is 17.3 Å². The van der Waals surface area contributed by atoms with Crippen molar-refractivity contribution in [2.75, 3.05) is 4.90 Å². The SMILES string of the molecule is Clc1cccc(CN(c2ccccc2)C2CC2)c1. The highest BCUT2D eigenvalue weighted by Gasteiger charge is 2.29. The van der Waals surface area contributed by atoms with Crippen molar-refractivity contribution in [3.05, 3.63) is 65.2 Å². The van der Waals surface area contributed by atoms with Gasteiger partial charge in [-0.15, -0.1) is 0 Å². The fourth-order valence-electron chi connectivity index (χ4n) is 2.27. The van der Waals surface area contributed by atoms with Crippen LogP contribution in [0.2, 0.25) is 5.02 Å². The molecule has 0 aromatic heterocycles. The molecule has 1 fully saturated rings. The maximum Gasteiger partial charge on any atom is 0.0433 e. The van der Waals surface area contributed by atoms with Gasteiger partial charge in [0.05, 0.1) is 0 Å². The van der Waals surface area contributed by atoms with Gasteiger partial charge < -0.3 is 4.90 Å². The molecule has 0 bridgehead atoms. The normalized spacial score (nSPS) is 14.5. The number of hydrogen-bond donors (Lipinski definition) is 0. The van der Waals surface area contributed by atoms with Crippen LogP contribution in [-0.4, -0.2) is 6.04 Å². The summed E-state index contributed by atoms with van der Waals surface area (Å²) < 4.78 is 0. The Morgan fingerprint density at radius 2 is 1.78 bits per heavy atom. The standard InChI is InChI=1S/C16H16ClN/c17-14-6-4-5-13(11-14)12-18(16-9-10-16)15-7-2-1-3-8-15/h1-8,11,16H,9-10,12H2. The van der Waals surface area contributed by atoms with Crippen LogP contribution in [0.15, 0.2) is 54.6 Å². The summed E-state index contributed by atoms with van der Waals surface area (Å²) in [4.78, 5) is 2.48. The monoisotopic (exact) mass is 257 g/mol. The molecule has 0 atom stereocenters. The van der Waals surface area contributed by atoms with Gasteiger partial charge >= 0.3 is 0 Å². The van der Waals surface area contributed by atoms with E-state index < -0.39 is 0 Å². The van der Waals surface area contributed by atoms with E-state index in [2.05, 4.69) is 47.4 Å². The fraction of sp³-hybridized carbons (Fsp3) is 0.250. The van der Waals surface area contributed by atoms with E-state index in [9.17, 15) is 0 Å². The second kappa shape index (κ2) is 5.03. The highest BCUT2D eigenvalue weighted by Crippen LogP contribution is 2.33. The van der Waals surface area contributed by atoms with Gasteiger partial charge in [-0.3, -0.25) is 0 Å². The first-order valence-electron chi connectivity index (χ1n) is 6.39. The van der Waals surface area contributed by atoms with Crippen LogP contribution in [0.4, 0.5) is 5.69 Å². The Balaban J connectivity index is 1.83. The molecule has 1 aliphatic rings. The Labute approximate surface area is 113 Å². The predicted octanol–water partition coefficient (Wildman–Crippen LogP) is 4.51. The van der Waals surface area contributed by atoms with Crippen LogP contribution in [0.25, 0.3) is 0 Å². The van der Waals surface area contributed by atoms with E-state index in [0.717, 1.165) is 11.6 Å². The molecule has 0 N–H and O–H groups in total. The number of anilines is 1. The molecule has 0 spiro atoms. The van der Waals surface area contributed by atoms with Gasteiger partial charge in [0.25, 0.3) is 0 Å². The van der Waals surface area contributed by atoms with Crippen molar-refractivity contribution in [3.63, 3.8) is 0 Å². The third kappa shape index (κ3) is 2.68. The molecule has 0 radical (unpaired) electrons. The number of hydrogen-bond acceptors (Lipinski definition) is 1. The fourth-order valence-corrected chi connectivity index (χ4v) is 2.48. The molecule has 1 aliphatic carbocycles. The quantitative estimate of drug-likeness (QED) is 0.779. The molecular weight excluding hydrogens is 242 g/mol. The Hall–Kier alpha value is -1.47. The lowest BCUT2D eigenvalue weighted by atomic mass is 10.2. The molecule has 0 amide bonds. The molecule has 18 heavy (non-hydrogen) atoms. The Morgan fingerprint density at radius 1 is 1.00 bits per heavy atom. The highest BCUT2D eigenvalue weighted by molar-refractivity contribution is 6.30. The lowest BCUT2D eigenvalue weighted by Gasteiger charge is -2.25. The van der Waals surface area contributed by atoms with Crippen LogP contribution in [0.3, 0.4) is 0 Å². The van der Waals surface area contributed by atoms with Gasteiger partial charge in [0, 0.05) is 23.3 Å². The average molecular weight is 258 g/mol. The minimum absolute atomic E-state index is 0.700. The number of nitrogens with zero attached hydrogens (tertiary/aromatic N) is 1. The van der Waals surface area contributed by atoms with Crippen LogP contribution in [0.5, 0.6) is 0 Å². The summed E-state index contributed by atoms with van der Waals surface area (Å²) in [7, 11) is 0. The van der Waals surface area contributed by atoms with E-state index in [1.54, 1.807) is 0 Å². The zero-order valence-corrected chi connectivity index (χ0v) is 11.0. The largest absolute Gasteiger partial charge is 0.364 e. The number of rotatable bonds is 4. The molecule has 0 heterocycles. The maximum atomic E-state index is 6.05. The molecular formula is C16H16ClN. The molecule has 2 heteroatoms. The Bertz CT molecular complexity index is 520. The second-order valence-corrected chi connectivity index (χ2v) is 5.26. The summed E-state index contributed by atoms with van der Waals surface area (Å²) in [6.07, 6.45) is 2.60. The first-order chi connectivity index (χ1) is 8.83. The summed E-state index contributed by atoms with van der Waals surface area (Å²) >= 11 is 6.05. The molecule has 0 unspecified atom stereocenters. The summed E-state index contributed by atoms with van der Waals surface area (Å²) in [6, 6.07) is 19.5. The van der Waals surface area contributed by atoms with E-state index in [-0.39, 0.29) is 0 Å². The molecule has 3 rings (SSSR count). The topological polar surface area (TPSA) is 3.24 Å². The molecule has 1 saturated carbocycles. The summed E-state index contributed by atoms with van der Waals surface area (Å²) in [5.41, 5.74) is 2.58. The summed E-state index contributed by atoms with van der Waals surface area (Å²) in [5.74, 6) is 0. The van der Waals surface area contributed by atoms with E-state index in [0.29, 0.717) is 6.04 Å². The average Bonchev–Trinajstić information content (AvgIpc) is 3.21. The molecule has 2 aromatic rings. The first kappa shape index (κ1) is 11.6. The van der Waals surface area contributed by atoms with Crippen molar-refractivity contribution in [1.29, 1.82) is 0 Å². The van der Waals surface area contributed by atoms with Gasteiger partial charge in [0.2, 0.25) is 0 Å². The second-order valence-electron chi connectivity index (χ2n) is 4.82. The minimum atomic E-state index is 0.700. The lowest BCUT2D eigenvalue weighted by molar-refractivity contribution is 0.794. The third-order valence-electron chi connectivity index (χ3n) is 3.32. The summed E-state index contributed by atoms with van der Waals surface area (Å²) in [5, 5.41) is 0.816. The van der Waals surface area contributed by atoms with Crippen molar-refractivity contribution in [1.82, 2.24) is 0 Å². The van der Waals surface area contributed by atoms with Crippen LogP contribution < -0.4 is 4.90 Å². The van der Waals surface area contributed by atoms with Gasteiger partial charge in [-0.05, 0) is 42.7 Å². The summed E-state index contributed by atoms with van der Waals surface area (Å²) in [6.45, 7) is 0.940. The maximum absolute atomic E-state index is 6.05. The number of halogens is 1. The highest BCUT2D eigenvalue weighted by atomic mass is 35.5.